The van der Waals surface area contributed by atoms with Gasteiger partial charge in [0.05, 0.1) is 0 Å². The zero-order chi connectivity index (χ0) is 16.7. The predicted molar refractivity (Wildman–Crippen MR) is 91.3 cm³/mol. The maximum atomic E-state index is 14.4. The number of ketones is 1. The van der Waals surface area contributed by atoms with Crippen LogP contribution in [-0.4, -0.2) is 5.78 Å². The summed E-state index contributed by atoms with van der Waals surface area (Å²) < 4.78 is 14.4. The Labute approximate surface area is 134 Å². The van der Waals surface area contributed by atoms with E-state index in [-0.39, 0.29) is 13.1 Å². The zero-order valence-electron chi connectivity index (χ0n) is 14.2. The Morgan fingerprint density at radius 1 is 1.36 bits per heavy atom. The third kappa shape index (κ3) is 3.40. The molecule has 122 valence electrons. The fraction of sp³-hybridized carbons (Fsp3) is 0.526. The zero-order valence-corrected chi connectivity index (χ0v) is 14.2. The van der Waals surface area contributed by atoms with E-state index >= 15 is 0 Å². The summed E-state index contributed by atoms with van der Waals surface area (Å²) in [6, 6.07) is 5.64. The van der Waals surface area contributed by atoms with Gasteiger partial charge in [0.25, 0.3) is 0 Å². The van der Waals surface area contributed by atoms with E-state index in [1.165, 1.54) is 0 Å². The standard InChI is InChI=1S/C19H26FNO.H2/c1-11(2)17(12(3)22)18(21)14-8-9-16(19(4,5)20)15(10-14)13-6-7-13;/h8-11,13H,6-7,21H2,1-5H3;1H/b18-17-;. The Morgan fingerprint density at radius 2 is 1.95 bits per heavy atom. The van der Waals surface area contributed by atoms with Crippen molar-refractivity contribution in [2.24, 2.45) is 11.7 Å². The Balaban J connectivity index is 0.00000264. The van der Waals surface area contributed by atoms with E-state index in [0.717, 1.165) is 29.5 Å². The van der Waals surface area contributed by atoms with Crippen molar-refractivity contribution in [2.45, 2.75) is 59.0 Å². The van der Waals surface area contributed by atoms with Crippen molar-refractivity contribution >= 4 is 11.5 Å². The van der Waals surface area contributed by atoms with Crippen LogP contribution in [0, 0.1) is 5.92 Å². The highest BCUT2D eigenvalue weighted by Crippen LogP contribution is 2.45. The van der Waals surface area contributed by atoms with Gasteiger partial charge in [-0.25, -0.2) is 4.39 Å². The van der Waals surface area contributed by atoms with Gasteiger partial charge in [-0.15, -0.1) is 0 Å². The lowest BCUT2D eigenvalue weighted by atomic mass is 9.88. The van der Waals surface area contributed by atoms with E-state index in [1.807, 2.05) is 32.0 Å². The van der Waals surface area contributed by atoms with Crippen LogP contribution in [0.15, 0.2) is 23.8 Å². The molecule has 0 radical (unpaired) electrons. The second-order valence-corrected chi connectivity index (χ2v) is 7.09. The number of allylic oxidation sites excluding steroid dienone is 1. The van der Waals surface area contributed by atoms with E-state index in [1.54, 1.807) is 20.8 Å². The molecular formula is C19H28FNO. The maximum absolute atomic E-state index is 14.4. The lowest BCUT2D eigenvalue weighted by Gasteiger charge is -2.21. The molecular weight excluding hydrogens is 277 g/mol. The van der Waals surface area contributed by atoms with Crippen LogP contribution in [0.25, 0.3) is 5.70 Å². The quantitative estimate of drug-likeness (QED) is 0.784. The summed E-state index contributed by atoms with van der Waals surface area (Å²) in [6.45, 7) is 8.64. The highest BCUT2D eigenvalue weighted by molar-refractivity contribution is 6.01. The molecule has 1 aliphatic rings. The minimum absolute atomic E-state index is 0. The van der Waals surface area contributed by atoms with Crippen LogP contribution in [0.3, 0.4) is 0 Å². The number of Topliss-reactive ketones (excluding diaryl/α,β-unsaturated/α-hetero) is 1. The molecule has 0 aromatic heterocycles. The minimum Gasteiger partial charge on any atom is -0.398 e. The minimum atomic E-state index is -1.36. The van der Waals surface area contributed by atoms with Crippen LogP contribution in [-0.2, 0) is 10.5 Å². The first kappa shape index (κ1) is 16.7. The number of rotatable bonds is 5. The van der Waals surface area contributed by atoms with Crippen LogP contribution in [0.2, 0.25) is 0 Å². The Bertz CT molecular complexity index is 625. The van der Waals surface area contributed by atoms with Crippen molar-refractivity contribution in [3.8, 4) is 0 Å². The molecule has 0 amide bonds. The van der Waals surface area contributed by atoms with E-state index in [9.17, 15) is 9.18 Å². The summed E-state index contributed by atoms with van der Waals surface area (Å²) in [5.41, 5.74) is 8.66. The smallest absolute Gasteiger partial charge is 0.158 e. The second kappa shape index (κ2) is 5.86. The van der Waals surface area contributed by atoms with Gasteiger partial charge in [0.15, 0.2) is 5.78 Å². The molecule has 2 rings (SSSR count). The van der Waals surface area contributed by atoms with E-state index in [2.05, 4.69) is 0 Å². The molecule has 0 saturated heterocycles. The summed E-state index contributed by atoms with van der Waals surface area (Å²) in [6.07, 6.45) is 2.19. The van der Waals surface area contributed by atoms with Crippen LogP contribution < -0.4 is 5.73 Å². The first-order chi connectivity index (χ1) is 10.1. The third-order valence-electron chi connectivity index (χ3n) is 4.27. The van der Waals surface area contributed by atoms with Crippen LogP contribution in [0.4, 0.5) is 4.39 Å². The van der Waals surface area contributed by atoms with Crippen molar-refractivity contribution < 1.29 is 10.6 Å². The monoisotopic (exact) mass is 305 g/mol. The molecule has 1 aliphatic carbocycles. The van der Waals surface area contributed by atoms with Crippen LogP contribution in [0.5, 0.6) is 0 Å². The molecule has 3 heteroatoms. The third-order valence-corrected chi connectivity index (χ3v) is 4.27. The van der Waals surface area contributed by atoms with Crippen molar-refractivity contribution in [3.05, 3.63) is 40.5 Å². The molecule has 22 heavy (non-hydrogen) atoms. The first-order valence-electron chi connectivity index (χ1n) is 7.97. The number of alkyl halides is 1. The lowest BCUT2D eigenvalue weighted by molar-refractivity contribution is -0.113. The molecule has 1 aromatic carbocycles. The summed E-state index contributed by atoms with van der Waals surface area (Å²) in [4.78, 5) is 11.9. The Morgan fingerprint density at radius 3 is 2.36 bits per heavy atom. The molecule has 0 aliphatic heterocycles. The number of benzene rings is 1. The van der Waals surface area contributed by atoms with Crippen molar-refractivity contribution in [3.63, 3.8) is 0 Å². The van der Waals surface area contributed by atoms with Gasteiger partial charge in [-0.05, 0) is 68.2 Å². The summed E-state index contributed by atoms with van der Waals surface area (Å²) in [7, 11) is 0. The lowest BCUT2D eigenvalue weighted by Crippen LogP contribution is -2.15. The van der Waals surface area contributed by atoms with Gasteiger partial charge in [0.1, 0.15) is 5.67 Å². The van der Waals surface area contributed by atoms with E-state index in [4.69, 9.17) is 5.73 Å². The Hall–Kier alpha value is -1.64. The van der Waals surface area contributed by atoms with Crippen molar-refractivity contribution in [1.82, 2.24) is 0 Å². The molecule has 0 bridgehead atoms. The second-order valence-electron chi connectivity index (χ2n) is 7.09. The molecule has 1 saturated carbocycles. The summed E-state index contributed by atoms with van der Waals surface area (Å²) in [5, 5.41) is 0. The number of carbonyl (C=O) groups excluding carboxylic acids is 1. The van der Waals surface area contributed by atoms with E-state index in [0.29, 0.717) is 17.2 Å². The van der Waals surface area contributed by atoms with Gasteiger partial charge in [0.2, 0.25) is 0 Å². The molecule has 0 atom stereocenters. The molecule has 0 spiro atoms. The summed E-state index contributed by atoms with van der Waals surface area (Å²) >= 11 is 0. The molecule has 1 fully saturated rings. The number of hydrogen-bond acceptors (Lipinski definition) is 2. The summed E-state index contributed by atoms with van der Waals surface area (Å²) in [5.74, 6) is 0.493. The first-order valence-corrected chi connectivity index (χ1v) is 7.97. The van der Waals surface area contributed by atoms with Gasteiger partial charge < -0.3 is 5.73 Å². The van der Waals surface area contributed by atoms with Gasteiger partial charge >= 0.3 is 0 Å². The van der Waals surface area contributed by atoms with Crippen molar-refractivity contribution in [2.75, 3.05) is 0 Å². The number of nitrogens with two attached hydrogens (primary N) is 1. The number of halogens is 1. The van der Waals surface area contributed by atoms with Crippen LogP contribution in [0.1, 0.15) is 71.5 Å². The maximum Gasteiger partial charge on any atom is 0.158 e. The van der Waals surface area contributed by atoms with Crippen molar-refractivity contribution in [1.29, 1.82) is 0 Å². The van der Waals surface area contributed by atoms with E-state index < -0.39 is 5.67 Å². The molecule has 1 aromatic rings. The van der Waals surface area contributed by atoms with Gasteiger partial charge in [-0.2, -0.15) is 0 Å². The molecule has 0 unspecified atom stereocenters. The molecule has 0 heterocycles. The highest BCUT2D eigenvalue weighted by atomic mass is 19.1. The highest BCUT2D eigenvalue weighted by Gasteiger charge is 2.32. The fourth-order valence-corrected chi connectivity index (χ4v) is 3.07. The fourth-order valence-electron chi connectivity index (χ4n) is 3.07. The number of hydrogen-bond donors (Lipinski definition) is 1. The largest absolute Gasteiger partial charge is 0.398 e. The topological polar surface area (TPSA) is 43.1 Å². The molecule has 2 nitrogen and oxygen atoms in total. The average Bonchev–Trinajstić information content (AvgIpc) is 3.20. The van der Waals surface area contributed by atoms with Gasteiger partial charge in [-0.1, -0.05) is 26.0 Å². The van der Waals surface area contributed by atoms with Gasteiger partial charge in [-0.3, -0.25) is 4.79 Å². The van der Waals surface area contributed by atoms with Crippen LogP contribution >= 0.6 is 0 Å². The normalized spacial score (nSPS) is 16.7. The molecule has 2 N–H and O–H groups in total. The SMILES string of the molecule is CC(=O)/C(=C(\N)c1ccc(C(C)(C)F)c(C2CC2)c1)C(C)C.[HH]. The number of carbonyl (C=O) groups is 1. The average molecular weight is 305 g/mol. The Kier molecular flexibility index (Phi) is 4.46. The predicted octanol–water partition coefficient (Wildman–Crippen LogP) is 4.93. The van der Waals surface area contributed by atoms with Gasteiger partial charge in [0, 0.05) is 12.7 Å².